The summed E-state index contributed by atoms with van der Waals surface area (Å²) >= 11 is 0. The molecule has 0 bridgehead atoms. The van der Waals surface area contributed by atoms with Crippen LogP contribution in [0.15, 0.2) is 30.5 Å². The van der Waals surface area contributed by atoms with Gasteiger partial charge in [-0.05, 0) is 25.5 Å². The van der Waals surface area contributed by atoms with Crippen molar-refractivity contribution in [2.75, 3.05) is 7.11 Å². The summed E-state index contributed by atoms with van der Waals surface area (Å²) < 4.78 is 6.72. The van der Waals surface area contributed by atoms with Crippen LogP contribution in [0.5, 0.6) is 0 Å². The number of hydrogen-bond donors (Lipinski definition) is 0. The van der Waals surface area contributed by atoms with E-state index >= 15 is 0 Å². The molecule has 84 valence electrons. The van der Waals surface area contributed by atoms with Gasteiger partial charge in [0.1, 0.15) is 6.04 Å². The Morgan fingerprint density at radius 3 is 2.75 bits per heavy atom. The van der Waals surface area contributed by atoms with E-state index < -0.39 is 0 Å². The Kier molecular flexibility index (Phi) is 2.69. The number of methoxy groups -OCH3 is 1. The second-order valence-electron chi connectivity index (χ2n) is 3.94. The Bertz CT molecular complexity index is 528. The quantitative estimate of drug-likeness (QED) is 0.724. The van der Waals surface area contributed by atoms with E-state index in [-0.39, 0.29) is 12.0 Å². The summed E-state index contributed by atoms with van der Waals surface area (Å²) in [5, 5.41) is 1.18. The van der Waals surface area contributed by atoms with E-state index in [0.717, 1.165) is 5.52 Å². The number of carbonyl (C=O) groups excluding carboxylic acids is 1. The number of esters is 1. The second kappa shape index (κ2) is 4.00. The minimum atomic E-state index is -0.288. The number of hydrogen-bond acceptors (Lipinski definition) is 2. The zero-order valence-corrected chi connectivity index (χ0v) is 9.73. The molecule has 0 amide bonds. The van der Waals surface area contributed by atoms with E-state index in [0.29, 0.717) is 0 Å². The topological polar surface area (TPSA) is 31.2 Å². The van der Waals surface area contributed by atoms with E-state index in [9.17, 15) is 4.79 Å². The molecule has 2 aromatic rings. The summed E-state index contributed by atoms with van der Waals surface area (Å²) in [4.78, 5) is 11.5. The van der Waals surface area contributed by atoms with Crippen molar-refractivity contribution in [3.63, 3.8) is 0 Å². The number of ether oxygens (including phenoxy) is 1. The second-order valence-corrected chi connectivity index (χ2v) is 3.94. The summed E-state index contributed by atoms with van der Waals surface area (Å²) in [6.45, 7) is 3.89. The van der Waals surface area contributed by atoms with Crippen LogP contribution in [0.1, 0.15) is 18.5 Å². The van der Waals surface area contributed by atoms with E-state index in [1.165, 1.54) is 18.1 Å². The lowest BCUT2D eigenvalue weighted by molar-refractivity contribution is -0.143. The summed E-state index contributed by atoms with van der Waals surface area (Å²) in [6, 6.07) is 7.76. The van der Waals surface area contributed by atoms with Crippen molar-refractivity contribution < 1.29 is 9.53 Å². The molecule has 0 spiro atoms. The molecule has 1 aromatic carbocycles. The fourth-order valence-corrected chi connectivity index (χ4v) is 1.98. The summed E-state index contributed by atoms with van der Waals surface area (Å²) in [6.07, 6.45) is 1.99. The average Bonchev–Trinajstić information content (AvgIpc) is 2.65. The number of nitrogens with zero attached hydrogens (tertiary/aromatic N) is 1. The number of carbonyl (C=O) groups is 1. The van der Waals surface area contributed by atoms with Gasteiger partial charge in [-0.1, -0.05) is 18.2 Å². The Morgan fingerprint density at radius 1 is 1.38 bits per heavy atom. The molecule has 0 radical (unpaired) electrons. The SMILES string of the molecule is COC(=O)C(C)n1cc(C)c2ccccc21. The third kappa shape index (κ3) is 1.58. The summed E-state index contributed by atoms with van der Waals surface area (Å²) in [7, 11) is 1.41. The molecule has 0 N–H and O–H groups in total. The monoisotopic (exact) mass is 217 g/mol. The first-order valence-corrected chi connectivity index (χ1v) is 5.29. The van der Waals surface area contributed by atoms with Crippen LogP contribution in [0.3, 0.4) is 0 Å². The van der Waals surface area contributed by atoms with Crippen molar-refractivity contribution in [1.29, 1.82) is 0 Å². The van der Waals surface area contributed by atoms with Crippen LogP contribution in [0.4, 0.5) is 0 Å². The Morgan fingerprint density at radius 2 is 2.06 bits per heavy atom. The molecule has 1 unspecified atom stereocenters. The van der Waals surface area contributed by atoms with Crippen LogP contribution in [0.25, 0.3) is 10.9 Å². The van der Waals surface area contributed by atoms with Crippen LogP contribution >= 0.6 is 0 Å². The average molecular weight is 217 g/mol. The fourth-order valence-electron chi connectivity index (χ4n) is 1.98. The molecule has 1 atom stereocenters. The molecule has 16 heavy (non-hydrogen) atoms. The number of aromatic nitrogens is 1. The van der Waals surface area contributed by atoms with Crippen LogP contribution < -0.4 is 0 Å². The number of para-hydroxylation sites is 1. The highest BCUT2D eigenvalue weighted by Crippen LogP contribution is 2.24. The first-order chi connectivity index (χ1) is 7.65. The summed E-state index contributed by atoms with van der Waals surface area (Å²) in [5.74, 6) is -0.222. The van der Waals surface area contributed by atoms with Gasteiger partial charge in [-0.2, -0.15) is 0 Å². The van der Waals surface area contributed by atoms with Crippen LogP contribution in [0.2, 0.25) is 0 Å². The van der Waals surface area contributed by atoms with Gasteiger partial charge in [0.15, 0.2) is 0 Å². The normalized spacial score (nSPS) is 12.7. The Balaban J connectivity index is 2.57. The number of benzene rings is 1. The highest BCUT2D eigenvalue weighted by molar-refractivity contribution is 5.86. The highest BCUT2D eigenvalue weighted by Gasteiger charge is 2.17. The molecule has 0 aliphatic rings. The largest absolute Gasteiger partial charge is 0.467 e. The lowest BCUT2D eigenvalue weighted by Crippen LogP contribution is -2.16. The third-order valence-corrected chi connectivity index (χ3v) is 2.90. The predicted octanol–water partition coefficient (Wildman–Crippen LogP) is 2.68. The molecule has 0 fully saturated rings. The fraction of sp³-hybridized carbons (Fsp3) is 0.308. The molecular weight excluding hydrogens is 202 g/mol. The van der Waals surface area contributed by atoms with Crippen molar-refractivity contribution in [3.05, 3.63) is 36.0 Å². The van der Waals surface area contributed by atoms with Crippen LogP contribution in [0, 0.1) is 6.92 Å². The van der Waals surface area contributed by atoms with Gasteiger partial charge in [-0.25, -0.2) is 4.79 Å². The standard InChI is InChI=1S/C13H15NO2/c1-9-8-14(10(2)13(15)16-3)12-7-5-4-6-11(9)12/h4-8,10H,1-3H3. The van der Waals surface area contributed by atoms with Gasteiger partial charge in [-0.15, -0.1) is 0 Å². The molecule has 0 saturated heterocycles. The maximum absolute atomic E-state index is 11.5. The molecule has 3 nitrogen and oxygen atoms in total. The van der Waals surface area contributed by atoms with E-state index in [1.807, 2.05) is 42.8 Å². The smallest absolute Gasteiger partial charge is 0.328 e. The van der Waals surface area contributed by atoms with Gasteiger partial charge in [-0.3, -0.25) is 0 Å². The van der Waals surface area contributed by atoms with Crippen molar-refractivity contribution in [2.45, 2.75) is 19.9 Å². The van der Waals surface area contributed by atoms with E-state index in [4.69, 9.17) is 4.74 Å². The lowest BCUT2D eigenvalue weighted by Gasteiger charge is -2.12. The zero-order valence-electron chi connectivity index (χ0n) is 9.73. The van der Waals surface area contributed by atoms with Gasteiger partial charge in [0.05, 0.1) is 7.11 Å². The predicted molar refractivity (Wildman–Crippen MR) is 63.4 cm³/mol. The molecular formula is C13H15NO2. The van der Waals surface area contributed by atoms with Gasteiger partial charge in [0.2, 0.25) is 0 Å². The lowest BCUT2D eigenvalue weighted by atomic mass is 10.2. The molecule has 1 heterocycles. The van der Waals surface area contributed by atoms with Gasteiger partial charge in [0, 0.05) is 17.1 Å². The first-order valence-electron chi connectivity index (χ1n) is 5.29. The van der Waals surface area contributed by atoms with Gasteiger partial charge in [0.25, 0.3) is 0 Å². The number of fused-ring (bicyclic) bond motifs is 1. The number of aryl methyl sites for hydroxylation is 1. The molecule has 1 aromatic heterocycles. The molecule has 0 aliphatic carbocycles. The van der Waals surface area contributed by atoms with Crippen LogP contribution in [-0.2, 0) is 9.53 Å². The Hall–Kier alpha value is -1.77. The first kappa shape index (κ1) is 10.7. The zero-order chi connectivity index (χ0) is 11.7. The van der Waals surface area contributed by atoms with E-state index in [2.05, 4.69) is 6.07 Å². The highest BCUT2D eigenvalue weighted by atomic mass is 16.5. The number of rotatable bonds is 2. The molecule has 0 aliphatic heterocycles. The molecule has 3 heteroatoms. The maximum atomic E-state index is 11.5. The van der Waals surface area contributed by atoms with Crippen molar-refractivity contribution in [1.82, 2.24) is 4.57 Å². The van der Waals surface area contributed by atoms with E-state index in [1.54, 1.807) is 0 Å². The van der Waals surface area contributed by atoms with Gasteiger partial charge < -0.3 is 9.30 Å². The molecule has 2 rings (SSSR count). The van der Waals surface area contributed by atoms with Gasteiger partial charge >= 0.3 is 5.97 Å². The third-order valence-electron chi connectivity index (χ3n) is 2.90. The van der Waals surface area contributed by atoms with Crippen molar-refractivity contribution in [3.8, 4) is 0 Å². The van der Waals surface area contributed by atoms with Crippen LogP contribution in [-0.4, -0.2) is 17.6 Å². The van der Waals surface area contributed by atoms with Crippen molar-refractivity contribution >= 4 is 16.9 Å². The minimum absolute atomic E-state index is 0.222. The van der Waals surface area contributed by atoms with Crippen molar-refractivity contribution in [2.24, 2.45) is 0 Å². The Labute approximate surface area is 94.6 Å². The minimum Gasteiger partial charge on any atom is -0.467 e. The summed E-state index contributed by atoms with van der Waals surface area (Å²) in [5.41, 5.74) is 2.24. The molecule has 0 saturated carbocycles. The maximum Gasteiger partial charge on any atom is 0.328 e.